The summed E-state index contributed by atoms with van der Waals surface area (Å²) in [6, 6.07) is 9.55. The first kappa shape index (κ1) is 14.2. The van der Waals surface area contributed by atoms with Gasteiger partial charge in [-0.3, -0.25) is 9.20 Å². The van der Waals surface area contributed by atoms with Gasteiger partial charge in [-0.25, -0.2) is 4.98 Å². The zero-order chi connectivity index (χ0) is 15.8. The summed E-state index contributed by atoms with van der Waals surface area (Å²) < 4.78 is 7.13. The molecule has 0 fully saturated rings. The van der Waals surface area contributed by atoms with Gasteiger partial charge in [-0.05, 0) is 23.8 Å². The summed E-state index contributed by atoms with van der Waals surface area (Å²) in [7, 11) is 1.63. The molecule has 0 aliphatic carbocycles. The summed E-state index contributed by atoms with van der Waals surface area (Å²) in [5.74, 6) is 0.729. The fourth-order valence-corrected chi connectivity index (χ4v) is 4.09. The van der Waals surface area contributed by atoms with Gasteiger partial charge in [0.15, 0.2) is 4.96 Å². The second kappa shape index (κ2) is 5.68. The molecule has 116 valence electrons. The Morgan fingerprint density at radius 1 is 1.35 bits per heavy atom. The van der Waals surface area contributed by atoms with Crippen LogP contribution >= 0.6 is 22.7 Å². The van der Waals surface area contributed by atoms with E-state index >= 15 is 0 Å². The van der Waals surface area contributed by atoms with E-state index in [1.807, 2.05) is 46.3 Å². The van der Waals surface area contributed by atoms with Gasteiger partial charge in [0.1, 0.15) is 10.6 Å². The Kier molecular flexibility index (Phi) is 3.51. The molecule has 0 bridgehead atoms. The first-order chi connectivity index (χ1) is 11.2. The number of imidazole rings is 1. The van der Waals surface area contributed by atoms with Crippen molar-refractivity contribution in [2.45, 2.75) is 6.54 Å². The summed E-state index contributed by atoms with van der Waals surface area (Å²) in [4.78, 5) is 19.4. The Morgan fingerprint density at radius 2 is 2.17 bits per heavy atom. The molecular weight excluding hydrogens is 330 g/mol. The van der Waals surface area contributed by atoms with E-state index in [0.717, 1.165) is 26.6 Å². The lowest BCUT2D eigenvalue weighted by molar-refractivity contribution is 0.0955. The number of hydrogen-bond acceptors (Lipinski definition) is 5. The van der Waals surface area contributed by atoms with Gasteiger partial charge < -0.3 is 10.1 Å². The Labute approximate surface area is 140 Å². The highest BCUT2D eigenvalue weighted by atomic mass is 32.1. The number of ether oxygens (including phenoxy) is 1. The van der Waals surface area contributed by atoms with Crippen molar-refractivity contribution in [3.63, 3.8) is 0 Å². The average Bonchev–Trinajstić information content (AvgIpc) is 3.24. The second-order valence-electron chi connectivity index (χ2n) is 5.00. The lowest BCUT2D eigenvalue weighted by Crippen LogP contribution is -2.21. The predicted octanol–water partition coefficient (Wildman–Crippen LogP) is 3.55. The number of carbonyl (C=O) groups excluding carboxylic acids is 1. The van der Waals surface area contributed by atoms with E-state index in [0.29, 0.717) is 11.4 Å². The molecular formula is C16H13N3O2S2. The number of hydrogen-bond donors (Lipinski definition) is 1. The number of fused-ring (bicyclic) bond motifs is 3. The van der Waals surface area contributed by atoms with Crippen LogP contribution in [-0.4, -0.2) is 22.4 Å². The molecule has 0 aliphatic rings. The SMILES string of the molecule is COc1ccc(CNC(=O)c2cc3c(nc4sccn43)s2)cc1. The first-order valence-electron chi connectivity index (χ1n) is 7.01. The molecule has 0 saturated carbocycles. The van der Waals surface area contributed by atoms with Crippen molar-refractivity contribution in [2.24, 2.45) is 0 Å². The summed E-state index contributed by atoms with van der Waals surface area (Å²) in [6.07, 6.45) is 1.97. The molecule has 1 N–H and O–H groups in total. The van der Waals surface area contributed by atoms with Crippen molar-refractivity contribution >= 4 is 43.9 Å². The lowest BCUT2D eigenvalue weighted by atomic mass is 10.2. The maximum Gasteiger partial charge on any atom is 0.261 e. The van der Waals surface area contributed by atoms with Crippen LogP contribution in [0.15, 0.2) is 41.9 Å². The highest BCUT2D eigenvalue weighted by molar-refractivity contribution is 7.21. The Bertz CT molecular complexity index is 982. The molecule has 7 heteroatoms. The van der Waals surface area contributed by atoms with Gasteiger partial charge >= 0.3 is 0 Å². The lowest BCUT2D eigenvalue weighted by Gasteiger charge is -2.05. The molecule has 0 atom stereocenters. The van der Waals surface area contributed by atoms with Gasteiger partial charge in [0.25, 0.3) is 5.91 Å². The fourth-order valence-electron chi connectivity index (χ4n) is 2.37. The van der Waals surface area contributed by atoms with Crippen molar-refractivity contribution in [3.05, 3.63) is 52.3 Å². The van der Waals surface area contributed by atoms with E-state index in [1.54, 1.807) is 18.4 Å². The Morgan fingerprint density at radius 3 is 2.96 bits per heavy atom. The molecule has 0 spiro atoms. The zero-order valence-electron chi connectivity index (χ0n) is 12.3. The summed E-state index contributed by atoms with van der Waals surface area (Å²) in [6.45, 7) is 0.485. The van der Waals surface area contributed by atoms with E-state index < -0.39 is 0 Å². The number of thiophene rings is 1. The van der Waals surface area contributed by atoms with Crippen LogP contribution in [0.5, 0.6) is 5.75 Å². The van der Waals surface area contributed by atoms with Crippen LogP contribution in [0, 0.1) is 0 Å². The minimum absolute atomic E-state index is 0.0761. The van der Waals surface area contributed by atoms with Crippen LogP contribution in [0.1, 0.15) is 15.2 Å². The van der Waals surface area contributed by atoms with Crippen LogP contribution < -0.4 is 10.1 Å². The van der Waals surface area contributed by atoms with Crippen LogP contribution in [0.25, 0.3) is 15.3 Å². The van der Waals surface area contributed by atoms with Crippen LogP contribution in [0.4, 0.5) is 0 Å². The van der Waals surface area contributed by atoms with Gasteiger partial charge in [0.05, 0.1) is 17.5 Å². The standard InChI is InChI=1S/C16H13N3O2S2/c1-21-11-4-2-10(3-5-11)9-17-14(20)13-8-12-15(23-13)18-16-19(12)6-7-22-16/h2-8H,9H2,1H3,(H,17,20). The molecule has 1 amide bonds. The van der Waals surface area contributed by atoms with E-state index in [1.165, 1.54) is 11.3 Å². The third-order valence-electron chi connectivity index (χ3n) is 3.58. The molecule has 1 aromatic carbocycles. The second-order valence-corrected chi connectivity index (χ2v) is 6.90. The van der Waals surface area contributed by atoms with Crippen molar-refractivity contribution in [2.75, 3.05) is 7.11 Å². The van der Waals surface area contributed by atoms with E-state index in [9.17, 15) is 4.79 Å². The normalized spacial score (nSPS) is 11.2. The van der Waals surface area contributed by atoms with Crippen LogP contribution in [-0.2, 0) is 6.54 Å². The van der Waals surface area contributed by atoms with Crippen molar-refractivity contribution in [3.8, 4) is 5.75 Å². The van der Waals surface area contributed by atoms with E-state index in [4.69, 9.17) is 4.74 Å². The third kappa shape index (κ3) is 2.58. The third-order valence-corrected chi connectivity index (χ3v) is 5.35. The molecule has 4 aromatic rings. The molecule has 0 radical (unpaired) electrons. The minimum atomic E-state index is -0.0761. The minimum Gasteiger partial charge on any atom is -0.497 e. The van der Waals surface area contributed by atoms with Crippen molar-refractivity contribution < 1.29 is 9.53 Å². The molecule has 3 aromatic heterocycles. The van der Waals surface area contributed by atoms with E-state index in [2.05, 4.69) is 10.3 Å². The first-order valence-corrected chi connectivity index (χ1v) is 8.70. The number of rotatable bonds is 4. The smallest absolute Gasteiger partial charge is 0.261 e. The van der Waals surface area contributed by atoms with Crippen molar-refractivity contribution in [1.82, 2.24) is 14.7 Å². The summed E-state index contributed by atoms with van der Waals surface area (Å²) >= 11 is 3.01. The number of benzene rings is 1. The zero-order valence-corrected chi connectivity index (χ0v) is 13.9. The largest absolute Gasteiger partial charge is 0.497 e. The van der Waals surface area contributed by atoms with Crippen molar-refractivity contribution in [1.29, 1.82) is 0 Å². The van der Waals surface area contributed by atoms with Gasteiger partial charge in [-0.15, -0.1) is 22.7 Å². The number of aromatic nitrogens is 2. The topological polar surface area (TPSA) is 55.6 Å². The monoisotopic (exact) mass is 343 g/mol. The highest BCUT2D eigenvalue weighted by Crippen LogP contribution is 2.28. The Balaban J connectivity index is 1.50. The summed E-state index contributed by atoms with van der Waals surface area (Å²) in [5.41, 5.74) is 2.02. The van der Waals surface area contributed by atoms with Crippen LogP contribution in [0.2, 0.25) is 0 Å². The Hall–Kier alpha value is -2.38. The van der Waals surface area contributed by atoms with Gasteiger partial charge in [-0.1, -0.05) is 12.1 Å². The number of thiazole rings is 1. The van der Waals surface area contributed by atoms with Crippen LogP contribution in [0.3, 0.4) is 0 Å². The molecule has 0 unspecified atom stereocenters. The number of nitrogens with one attached hydrogen (secondary N) is 1. The highest BCUT2D eigenvalue weighted by Gasteiger charge is 2.14. The predicted molar refractivity (Wildman–Crippen MR) is 92.6 cm³/mol. The molecule has 4 rings (SSSR count). The van der Waals surface area contributed by atoms with Gasteiger partial charge in [0, 0.05) is 18.1 Å². The number of methoxy groups -OCH3 is 1. The van der Waals surface area contributed by atoms with Gasteiger partial charge in [0.2, 0.25) is 0 Å². The fraction of sp³-hybridized carbons (Fsp3) is 0.125. The summed E-state index contributed by atoms with van der Waals surface area (Å²) in [5, 5.41) is 4.93. The van der Waals surface area contributed by atoms with Gasteiger partial charge in [-0.2, -0.15) is 0 Å². The molecule has 3 heterocycles. The molecule has 5 nitrogen and oxygen atoms in total. The number of nitrogens with zero attached hydrogens (tertiary/aromatic N) is 2. The van der Waals surface area contributed by atoms with E-state index in [-0.39, 0.29) is 5.91 Å². The quantitative estimate of drug-likeness (QED) is 0.616. The molecule has 23 heavy (non-hydrogen) atoms. The number of amides is 1. The maximum atomic E-state index is 12.3. The molecule has 0 aliphatic heterocycles. The maximum absolute atomic E-state index is 12.3. The molecule has 0 saturated heterocycles. The average molecular weight is 343 g/mol. The number of carbonyl (C=O) groups is 1.